The molecule has 0 saturated heterocycles. The number of carboxylic acid groups (broad SMARTS) is 2. The summed E-state index contributed by atoms with van der Waals surface area (Å²) >= 11 is 1.02. The van der Waals surface area contributed by atoms with Crippen LogP contribution in [0.15, 0.2) is 35.7 Å². The number of carbonyl (C=O) groups excluding carboxylic acids is 2. The highest BCUT2D eigenvalue weighted by Gasteiger charge is 2.46. The molecule has 2 heterocycles. The monoisotopic (exact) mass is 567 g/mol. The van der Waals surface area contributed by atoms with Gasteiger partial charge in [-0.1, -0.05) is 32.0 Å². The minimum absolute atomic E-state index is 0.0135. The lowest BCUT2D eigenvalue weighted by atomic mass is 9.86. The van der Waals surface area contributed by atoms with Gasteiger partial charge in [-0.15, -0.1) is 11.3 Å². The highest BCUT2D eigenvalue weighted by atomic mass is 32.1. The SMILES string of the molecule is CC(C)C[C@H](NC(=O)[C@@]1(Cc2ccsc2C(=O)O)Cc2ccccc2N1)C(=O)N[C@@H](CC(F)F)[C@@H](O)C(=O)O. The first-order valence-electron chi connectivity index (χ1n) is 12.3. The second-order valence-electron chi connectivity index (χ2n) is 9.98. The molecule has 4 atom stereocenters. The van der Waals surface area contributed by atoms with Crippen LogP contribution in [0.1, 0.15) is 47.5 Å². The van der Waals surface area contributed by atoms with Gasteiger partial charge in [0.05, 0.1) is 6.04 Å². The number of fused-ring (bicyclic) bond motifs is 1. The summed E-state index contributed by atoms with van der Waals surface area (Å²) < 4.78 is 26.1. The Morgan fingerprint density at radius 1 is 1.08 bits per heavy atom. The summed E-state index contributed by atoms with van der Waals surface area (Å²) in [5.41, 5.74) is 0.541. The molecule has 13 heteroatoms. The molecule has 0 unspecified atom stereocenters. The molecule has 212 valence electrons. The van der Waals surface area contributed by atoms with Gasteiger partial charge in [0.1, 0.15) is 16.5 Å². The molecule has 1 aliphatic rings. The first kappa shape index (κ1) is 30.0. The molecule has 2 aromatic rings. The van der Waals surface area contributed by atoms with E-state index in [1.165, 1.54) is 0 Å². The van der Waals surface area contributed by atoms with E-state index in [0.29, 0.717) is 11.3 Å². The number of alkyl halides is 2. The zero-order valence-corrected chi connectivity index (χ0v) is 22.1. The van der Waals surface area contributed by atoms with Crippen LogP contribution in [0.25, 0.3) is 0 Å². The topological polar surface area (TPSA) is 165 Å². The van der Waals surface area contributed by atoms with Crippen molar-refractivity contribution in [1.29, 1.82) is 0 Å². The molecule has 39 heavy (non-hydrogen) atoms. The van der Waals surface area contributed by atoms with Crippen molar-refractivity contribution in [2.75, 3.05) is 5.32 Å². The maximum atomic E-state index is 13.9. The van der Waals surface area contributed by atoms with Crippen LogP contribution >= 0.6 is 11.3 Å². The summed E-state index contributed by atoms with van der Waals surface area (Å²) in [6, 6.07) is 5.76. The third-order valence-electron chi connectivity index (χ3n) is 6.47. The van der Waals surface area contributed by atoms with Gasteiger partial charge >= 0.3 is 11.9 Å². The van der Waals surface area contributed by atoms with Crippen molar-refractivity contribution in [1.82, 2.24) is 10.6 Å². The van der Waals surface area contributed by atoms with Gasteiger partial charge < -0.3 is 31.3 Å². The van der Waals surface area contributed by atoms with Gasteiger partial charge in [-0.05, 0) is 41.0 Å². The van der Waals surface area contributed by atoms with Crippen molar-refractivity contribution < 1.29 is 43.3 Å². The van der Waals surface area contributed by atoms with Gasteiger partial charge in [0.2, 0.25) is 18.2 Å². The number of nitrogens with one attached hydrogen (secondary N) is 3. The van der Waals surface area contributed by atoms with Crippen molar-refractivity contribution in [2.45, 2.75) is 69.7 Å². The van der Waals surface area contributed by atoms with Gasteiger partial charge in [-0.25, -0.2) is 18.4 Å². The van der Waals surface area contributed by atoms with E-state index in [4.69, 9.17) is 5.11 Å². The van der Waals surface area contributed by atoms with E-state index < -0.39 is 60.3 Å². The number of para-hydroxylation sites is 1. The number of aliphatic hydroxyl groups is 1. The molecule has 0 spiro atoms. The Kier molecular flexibility index (Phi) is 9.62. The summed E-state index contributed by atoms with van der Waals surface area (Å²) in [6.45, 7) is 3.55. The normalized spacial score (nSPS) is 18.6. The van der Waals surface area contributed by atoms with E-state index in [1.54, 1.807) is 43.5 Å². The molecule has 0 radical (unpaired) electrons. The smallest absolute Gasteiger partial charge is 0.346 e. The summed E-state index contributed by atoms with van der Waals surface area (Å²) in [7, 11) is 0. The number of carbonyl (C=O) groups is 4. The fourth-order valence-electron chi connectivity index (χ4n) is 4.65. The maximum absolute atomic E-state index is 13.9. The number of thiophene rings is 1. The summed E-state index contributed by atoms with van der Waals surface area (Å²) in [4.78, 5) is 50.1. The molecule has 10 nitrogen and oxygen atoms in total. The van der Waals surface area contributed by atoms with E-state index in [-0.39, 0.29) is 30.1 Å². The number of anilines is 1. The first-order valence-corrected chi connectivity index (χ1v) is 13.2. The van der Waals surface area contributed by atoms with Crippen molar-refractivity contribution in [3.05, 3.63) is 51.7 Å². The fraction of sp³-hybridized carbons (Fsp3) is 0.462. The van der Waals surface area contributed by atoms with Crippen molar-refractivity contribution in [3.63, 3.8) is 0 Å². The molecular formula is C26H31F2N3O7S. The first-order chi connectivity index (χ1) is 18.3. The molecule has 1 aromatic carbocycles. The highest BCUT2D eigenvalue weighted by molar-refractivity contribution is 7.12. The maximum Gasteiger partial charge on any atom is 0.346 e. The number of aromatic carboxylic acids is 1. The van der Waals surface area contributed by atoms with Crippen LogP contribution in [0, 0.1) is 5.92 Å². The van der Waals surface area contributed by atoms with Crippen LogP contribution in [0.3, 0.4) is 0 Å². The number of hydrogen-bond donors (Lipinski definition) is 6. The summed E-state index contributed by atoms with van der Waals surface area (Å²) in [5, 5.41) is 38.2. The van der Waals surface area contributed by atoms with Crippen LogP contribution in [0.4, 0.5) is 14.5 Å². The lowest BCUT2D eigenvalue weighted by Crippen LogP contribution is -2.60. The lowest BCUT2D eigenvalue weighted by Gasteiger charge is -2.32. The second-order valence-corrected chi connectivity index (χ2v) is 10.9. The van der Waals surface area contributed by atoms with Gasteiger partial charge in [-0.3, -0.25) is 9.59 Å². The minimum atomic E-state index is -3.00. The standard InChI is InChI=1S/C26H31F2N3O7S/c1-13(2)9-18(22(33)29-17(10-19(27)28)20(32)23(34)35)30-25(38)26(11-14-5-3-4-6-16(14)31-26)12-15-7-8-39-21(15)24(36)37/h3-8,13,17-20,31-32H,9-12H2,1-2H3,(H,29,33)(H,30,38)(H,34,35)(H,36,37)/t17-,18-,20+,26-/m0/s1. The molecule has 1 aromatic heterocycles. The van der Waals surface area contributed by atoms with Crippen LogP contribution in [0.2, 0.25) is 0 Å². The third kappa shape index (κ3) is 7.30. The third-order valence-corrected chi connectivity index (χ3v) is 7.42. The number of aliphatic hydroxyl groups excluding tert-OH is 1. The Balaban J connectivity index is 1.90. The predicted molar refractivity (Wildman–Crippen MR) is 139 cm³/mol. The number of hydrogen-bond acceptors (Lipinski definition) is 7. The molecule has 0 fully saturated rings. The number of halogens is 2. The van der Waals surface area contributed by atoms with Gasteiger partial charge in [-0.2, -0.15) is 0 Å². The molecule has 3 rings (SSSR count). The Labute approximate surface area is 227 Å². The quantitative estimate of drug-likeness (QED) is 0.215. The van der Waals surface area contributed by atoms with Crippen molar-refractivity contribution >= 4 is 40.8 Å². The van der Waals surface area contributed by atoms with Crippen LogP contribution in [0.5, 0.6) is 0 Å². The second kappa shape index (κ2) is 12.5. The predicted octanol–water partition coefficient (Wildman–Crippen LogP) is 2.51. The number of rotatable bonds is 13. The average Bonchev–Trinajstić information content (AvgIpc) is 3.47. The highest BCUT2D eigenvalue weighted by Crippen LogP contribution is 2.36. The molecule has 0 aliphatic carbocycles. The van der Waals surface area contributed by atoms with E-state index in [2.05, 4.69) is 16.0 Å². The molecule has 0 bridgehead atoms. The van der Waals surface area contributed by atoms with E-state index >= 15 is 0 Å². The largest absolute Gasteiger partial charge is 0.479 e. The molecular weight excluding hydrogens is 536 g/mol. The van der Waals surface area contributed by atoms with Gasteiger partial charge in [0.15, 0.2) is 6.10 Å². The Morgan fingerprint density at radius 3 is 2.36 bits per heavy atom. The van der Waals surface area contributed by atoms with Crippen LogP contribution in [-0.4, -0.2) is 69.2 Å². The Hall–Kier alpha value is -3.58. The molecule has 2 amide bonds. The molecule has 1 aliphatic heterocycles. The van der Waals surface area contributed by atoms with E-state index in [1.807, 2.05) is 6.07 Å². The zero-order chi connectivity index (χ0) is 28.9. The Morgan fingerprint density at radius 2 is 1.77 bits per heavy atom. The number of aliphatic carboxylic acids is 1. The van der Waals surface area contributed by atoms with Crippen LogP contribution < -0.4 is 16.0 Å². The summed E-state index contributed by atoms with van der Waals surface area (Å²) in [6.07, 6.45) is -6.11. The van der Waals surface area contributed by atoms with Crippen LogP contribution in [-0.2, 0) is 27.2 Å². The van der Waals surface area contributed by atoms with Gasteiger partial charge in [0.25, 0.3) is 0 Å². The Bertz CT molecular complexity index is 1190. The number of benzene rings is 1. The minimum Gasteiger partial charge on any atom is -0.479 e. The molecule has 0 saturated carbocycles. The average molecular weight is 568 g/mol. The summed E-state index contributed by atoms with van der Waals surface area (Å²) in [5.74, 6) is -4.59. The van der Waals surface area contributed by atoms with E-state index in [0.717, 1.165) is 16.9 Å². The zero-order valence-electron chi connectivity index (χ0n) is 21.3. The number of carboxylic acids is 2. The fourth-order valence-corrected chi connectivity index (χ4v) is 5.41. The molecule has 6 N–H and O–H groups in total. The lowest BCUT2D eigenvalue weighted by molar-refractivity contribution is -0.149. The van der Waals surface area contributed by atoms with E-state index in [9.17, 15) is 38.2 Å². The van der Waals surface area contributed by atoms with Crippen molar-refractivity contribution in [3.8, 4) is 0 Å². The van der Waals surface area contributed by atoms with Crippen molar-refractivity contribution in [2.24, 2.45) is 5.92 Å². The number of amides is 2. The van der Waals surface area contributed by atoms with Gasteiger partial charge in [0, 0.05) is 24.9 Å².